The molecule has 0 radical (unpaired) electrons. The molecular weight excluding hydrogens is 212 g/mol. The van der Waals surface area contributed by atoms with Crippen LogP contribution in [0.5, 0.6) is 0 Å². The molecular formula is C7H10N8O. The second-order valence-electron chi connectivity index (χ2n) is 3.59. The number of carbonyl (C=O) groups is 1. The van der Waals surface area contributed by atoms with Crippen LogP contribution in [-0.2, 0) is 11.8 Å². The molecule has 1 amide bonds. The predicted octanol–water partition coefficient (Wildman–Crippen LogP) is -0.127. The first-order valence-electron chi connectivity index (χ1n) is 4.76. The second-order valence-corrected chi connectivity index (χ2v) is 3.59. The largest absolute Gasteiger partial charge is 0.279 e. The summed E-state index contributed by atoms with van der Waals surface area (Å²) in [5.41, 5.74) is 8.21. The Morgan fingerprint density at radius 3 is 3.12 bits per heavy atom. The van der Waals surface area contributed by atoms with E-state index in [1.807, 2.05) is 0 Å². The molecule has 16 heavy (non-hydrogen) atoms. The smallest absolute Gasteiger partial charge is 0.251 e. The van der Waals surface area contributed by atoms with E-state index in [4.69, 9.17) is 5.53 Å². The average molecular weight is 222 g/mol. The van der Waals surface area contributed by atoms with E-state index < -0.39 is 0 Å². The van der Waals surface area contributed by atoms with Crippen LogP contribution in [0.25, 0.3) is 10.4 Å². The van der Waals surface area contributed by atoms with Crippen molar-refractivity contribution in [3.63, 3.8) is 0 Å². The molecule has 84 valence electrons. The quantitative estimate of drug-likeness (QED) is 0.402. The van der Waals surface area contributed by atoms with Gasteiger partial charge in [0.05, 0.1) is 0 Å². The van der Waals surface area contributed by atoms with E-state index in [9.17, 15) is 4.79 Å². The highest BCUT2D eigenvalue weighted by molar-refractivity contribution is 5.94. The maximum absolute atomic E-state index is 11.7. The molecule has 2 heterocycles. The van der Waals surface area contributed by atoms with Gasteiger partial charge in [-0.1, -0.05) is 10.2 Å². The first kappa shape index (κ1) is 10.4. The molecule has 1 unspecified atom stereocenters. The molecule has 0 spiro atoms. The van der Waals surface area contributed by atoms with Gasteiger partial charge in [0.1, 0.15) is 0 Å². The molecule has 1 aromatic heterocycles. The summed E-state index contributed by atoms with van der Waals surface area (Å²) >= 11 is 0. The summed E-state index contributed by atoms with van der Waals surface area (Å²) in [6, 6.07) is 0. The second kappa shape index (κ2) is 4.15. The third-order valence-electron chi connectivity index (χ3n) is 2.45. The topological polar surface area (TPSA) is 113 Å². The Kier molecular flexibility index (Phi) is 2.69. The van der Waals surface area contributed by atoms with Crippen molar-refractivity contribution in [2.75, 3.05) is 18.0 Å². The standard InChI is InChI=1S/C7H10N8O/c1-14-7(10-12-13-14)15-4-5(2-6(15)16)3-9-11-8/h5H,2-4H2,1H3. The molecule has 1 aliphatic rings. The first-order chi connectivity index (χ1) is 7.72. The monoisotopic (exact) mass is 222 g/mol. The van der Waals surface area contributed by atoms with Gasteiger partial charge in [0.2, 0.25) is 5.91 Å². The summed E-state index contributed by atoms with van der Waals surface area (Å²) < 4.78 is 1.44. The van der Waals surface area contributed by atoms with Gasteiger partial charge in [0.25, 0.3) is 5.95 Å². The number of aryl methyl sites for hydroxylation is 1. The van der Waals surface area contributed by atoms with Crippen LogP contribution in [0, 0.1) is 5.92 Å². The minimum absolute atomic E-state index is 0.0418. The number of hydrogen-bond acceptors (Lipinski definition) is 5. The zero-order chi connectivity index (χ0) is 11.5. The average Bonchev–Trinajstić information content (AvgIpc) is 2.82. The molecule has 1 fully saturated rings. The van der Waals surface area contributed by atoms with Gasteiger partial charge in [-0.3, -0.25) is 9.69 Å². The first-order valence-corrected chi connectivity index (χ1v) is 4.76. The van der Waals surface area contributed by atoms with Crippen molar-refractivity contribution in [3.8, 4) is 0 Å². The molecule has 0 N–H and O–H groups in total. The van der Waals surface area contributed by atoms with E-state index in [1.54, 1.807) is 7.05 Å². The summed E-state index contributed by atoms with van der Waals surface area (Å²) in [6.45, 7) is 0.816. The highest BCUT2D eigenvalue weighted by Crippen LogP contribution is 2.22. The number of aromatic nitrogens is 4. The lowest BCUT2D eigenvalue weighted by atomic mass is 10.1. The molecule has 2 rings (SSSR count). The van der Waals surface area contributed by atoms with Crippen LogP contribution < -0.4 is 4.90 Å². The van der Waals surface area contributed by atoms with Gasteiger partial charge in [-0.2, -0.15) is 0 Å². The van der Waals surface area contributed by atoms with Crippen molar-refractivity contribution >= 4 is 11.9 Å². The van der Waals surface area contributed by atoms with Crippen LogP contribution in [0.2, 0.25) is 0 Å². The van der Waals surface area contributed by atoms with Crippen LogP contribution >= 0.6 is 0 Å². The summed E-state index contributed by atoms with van der Waals surface area (Å²) in [5.74, 6) is 0.421. The fourth-order valence-electron chi connectivity index (χ4n) is 1.70. The molecule has 0 aliphatic carbocycles. The number of hydrogen-bond donors (Lipinski definition) is 0. The summed E-state index contributed by atoms with van der Waals surface area (Å²) in [6.07, 6.45) is 0.367. The van der Waals surface area contributed by atoms with Gasteiger partial charge in [-0.05, 0) is 21.9 Å². The van der Waals surface area contributed by atoms with E-state index in [1.165, 1.54) is 9.58 Å². The molecule has 9 heteroatoms. The molecule has 0 aromatic carbocycles. The molecule has 1 aromatic rings. The fourth-order valence-corrected chi connectivity index (χ4v) is 1.70. The molecule has 0 saturated carbocycles. The summed E-state index contributed by atoms with van der Waals surface area (Å²) in [4.78, 5) is 15.9. The number of anilines is 1. The number of tetrazole rings is 1. The van der Waals surface area contributed by atoms with E-state index >= 15 is 0 Å². The van der Waals surface area contributed by atoms with Gasteiger partial charge in [-0.25, -0.2) is 4.68 Å². The summed E-state index contributed by atoms with van der Waals surface area (Å²) in [5, 5.41) is 14.4. The minimum atomic E-state index is -0.0453. The summed E-state index contributed by atoms with van der Waals surface area (Å²) in [7, 11) is 1.67. The normalized spacial score (nSPS) is 19.9. The third kappa shape index (κ3) is 1.80. The van der Waals surface area contributed by atoms with Crippen molar-refractivity contribution in [1.29, 1.82) is 0 Å². The van der Waals surface area contributed by atoms with Gasteiger partial charge >= 0.3 is 0 Å². The van der Waals surface area contributed by atoms with Crippen LogP contribution in [0.3, 0.4) is 0 Å². The van der Waals surface area contributed by atoms with E-state index in [0.717, 1.165) is 0 Å². The van der Waals surface area contributed by atoms with Gasteiger partial charge in [0, 0.05) is 31.5 Å². The SMILES string of the molecule is Cn1nnnc1N1CC(CN=[N+]=[N-])CC1=O. The zero-order valence-electron chi connectivity index (χ0n) is 8.68. The Morgan fingerprint density at radius 2 is 2.50 bits per heavy atom. The lowest BCUT2D eigenvalue weighted by molar-refractivity contribution is -0.117. The van der Waals surface area contributed by atoms with Gasteiger partial charge in [-0.15, -0.1) is 0 Å². The number of rotatable bonds is 3. The van der Waals surface area contributed by atoms with Crippen molar-refractivity contribution in [2.24, 2.45) is 18.1 Å². The Balaban J connectivity index is 2.11. The fraction of sp³-hybridized carbons (Fsp3) is 0.714. The molecule has 0 bridgehead atoms. The number of azide groups is 1. The van der Waals surface area contributed by atoms with Crippen molar-refractivity contribution in [2.45, 2.75) is 6.42 Å². The van der Waals surface area contributed by atoms with Crippen molar-refractivity contribution in [1.82, 2.24) is 20.2 Å². The molecule has 1 atom stereocenters. The predicted molar refractivity (Wildman–Crippen MR) is 53.3 cm³/mol. The minimum Gasteiger partial charge on any atom is -0.279 e. The maximum Gasteiger partial charge on any atom is 0.251 e. The van der Waals surface area contributed by atoms with Crippen LogP contribution in [-0.4, -0.2) is 39.2 Å². The Morgan fingerprint density at radius 1 is 1.69 bits per heavy atom. The molecule has 1 saturated heterocycles. The maximum atomic E-state index is 11.7. The van der Waals surface area contributed by atoms with Gasteiger partial charge < -0.3 is 0 Å². The third-order valence-corrected chi connectivity index (χ3v) is 2.45. The van der Waals surface area contributed by atoms with Crippen molar-refractivity contribution < 1.29 is 4.79 Å². The van der Waals surface area contributed by atoms with E-state index in [-0.39, 0.29) is 11.8 Å². The number of amides is 1. The Bertz CT molecular complexity index is 447. The highest BCUT2D eigenvalue weighted by Gasteiger charge is 2.32. The molecule has 1 aliphatic heterocycles. The number of nitrogens with zero attached hydrogens (tertiary/aromatic N) is 8. The van der Waals surface area contributed by atoms with E-state index in [2.05, 4.69) is 25.6 Å². The zero-order valence-corrected chi connectivity index (χ0v) is 8.68. The molecule has 9 nitrogen and oxygen atoms in total. The van der Waals surface area contributed by atoms with Crippen LogP contribution in [0.4, 0.5) is 5.95 Å². The lowest BCUT2D eigenvalue weighted by Crippen LogP contribution is -2.27. The lowest BCUT2D eigenvalue weighted by Gasteiger charge is -2.12. The van der Waals surface area contributed by atoms with Crippen LogP contribution in [0.15, 0.2) is 5.11 Å². The number of carbonyl (C=O) groups excluding carboxylic acids is 1. The van der Waals surface area contributed by atoms with Crippen molar-refractivity contribution in [3.05, 3.63) is 10.4 Å². The Labute approximate surface area is 90.7 Å². The highest BCUT2D eigenvalue weighted by atomic mass is 16.2. The van der Waals surface area contributed by atoms with Gasteiger partial charge in [0.15, 0.2) is 0 Å². The van der Waals surface area contributed by atoms with E-state index in [0.29, 0.717) is 25.5 Å². The van der Waals surface area contributed by atoms with Crippen LogP contribution in [0.1, 0.15) is 6.42 Å². The Hall–Kier alpha value is -2.15.